The minimum Gasteiger partial charge on any atom is -0.350 e. The molecule has 0 aliphatic carbocycles. The van der Waals surface area contributed by atoms with Crippen molar-refractivity contribution in [1.29, 1.82) is 0 Å². The third kappa shape index (κ3) is 4.80. The number of sulfone groups is 1. The van der Waals surface area contributed by atoms with Gasteiger partial charge in [-0.3, -0.25) is 15.1 Å². The van der Waals surface area contributed by atoms with Gasteiger partial charge in [0.1, 0.15) is 5.69 Å². The van der Waals surface area contributed by atoms with E-state index in [9.17, 15) is 18.5 Å². The van der Waals surface area contributed by atoms with Crippen LogP contribution >= 0.6 is 0 Å². The van der Waals surface area contributed by atoms with E-state index in [0.29, 0.717) is 5.69 Å². The van der Waals surface area contributed by atoms with Crippen molar-refractivity contribution in [2.45, 2.75) is 4.90 Å². The second kappa shape index (κ2) is 8.01. The van der Waals surface area contributed by atoms with Crippen molar-refractivity contribution in [3.63, 3.8) is 0 Å². The molecule has 28 heavy (non-hydrogen) atoms. The van der Waals surface area contributed by atoms with E-state index in [-0.39, 0.29) is 16.3 Å². The molecule has 0 aliphatic heterocycles. The van der Waals surface area contributed by atoms with Gasteiger partial charge in [-0.25, -0.2) is 8.42 Å². The van der Waals surface area contributed by atoms with Gasteiger partial charge < -0.3 is 5.32 Å². The van der Waals surface area contributed by atoms with Crippen LogP contribution in [-0.2, 0) is 9.84 Å². The Morgan fingerprint density at radius 3 is 2.54 bits per heavy atom. The average Bonchev–Trinajstić information content (AvgIpc) is 2.67. The highest BCUT2D eigenvalue weighted by atomic mass is 32.2. The van der Waals surface area contributed by atoms with Crippen molar-refractivity contribution in [3.05, 3.63) is 88.2 Å². The topological polar surface area (TPSA) is 102 Å². The van der Waals surface area contributed by atoms with Gasteiger partial charge in [-0.1, -0.05) is 24.3 Å². The molecule has 0 amide bonds. The maximum atomic E-state index is 11.7. The van der Waals surface area contributed by atoms with Crippen LogP contribution in [0, 0.1) is 10.1 Å². The SMILES string of the molecule is CS(=O)(=O)c1ccc(Nc2cccc(/C=C/c3ccccn3)c2)c([N+](=O)[O-])c1. The molecule has 1 heterocycles. The summed E-state index contributed by atoms with van der Waals surface area (Å²) < 4.78 is 23.3. The summed E-state index contributed by atoms with van der Waals surface area (Å²) in [6.07, 6.45) is 6.46. The highest BCUT2D eigenvalue weighted by molar-refractivity contribution is 7.90. The number of nitro groups is 1. The first kappa shape index (κ1) is 19.2. The Labute approximate surface area is 162 Å². The van der Waals surface area contributed by atoms with Crippen LogP contribution in [0.1, 0.15) is 11.3 Å². The number of nitrogens with one attached hydrogen (secondary N) is 1. The predicted octanol–water partition coefficient (Wildman–Crippen LogP) is 4.31. The zero-order chi connectivity index (χ0) is 20.1. The molecular weight excluding hydrogens is 378 g/mol. The van der Waals surface area contributed by atoms with Gasteiger partial charge in [0.2, 0.25) is 0 Å². The maximum absolute atomic E-state index is 11.7. The Bertz CT molecular complexity index is 1140. The summed E-state index contributed by atoms with van der Waals surface area (Å²) >= 11 is 0. The van der Waals surface area contributed by atoms with Crippen LogP contribution in [-0.4, -0.2) is 24.6 Å². The molecule has 0 bridgehead atoms. The number of pyridine rings is 1. The van der Waals surface area contributed by atoms with Gasteiger partial charge >= 0.3 is 0 Å². The lowest BCUT2D eigenvalue weighted by molar-refractivity contribution is -0.384. The fourth-order valence-electron chi connectivity index (χ4n) is 2.53. The van der Waals surface area contributed by atoms with Gasteiger partial charge in [0.25, 0.3) is 5.69 Å². The molecule has 0 atom stereocenters. The molecule has 0 aliphatic rings. The van der Waals surface area contributed by atoms with Gasteiger partial charge in [0.15, 0.2) is 9.84 Å². The molecule has 2 aromatic carbocycles. The molecule has 1 aromatic heterocycles. The Kier molecular flexibility index (Phi) is 5.51. The molecule has 0 spiro atoms. The van der Waals surface area contributed by atoms with Gasteiger partial charge in [-0.15, -0.1) is 0 Å². The van der Waals surface area contributed by atoms with Crippen molar-refractivity contribution < 1.29 is 13.3 Å². The van der Waals surface area contributed by atoms with Crippen LogP contribution in [0.2, 0.25) is 0 Å². The lowest BCUT2D eigenvalue weighted by atomic mass is 10.1. The summed E-state index contributed by atoms with van der Waals surface area (Å²) in [5.74, 6) is 0. The summed E-state index contributed by atoms with van der Waals surface area (Å²) in [4.78, 5) is 14.9. The zero-order valence-electron chi connectivity index (χ0n) is 14.9. The number of benzene rings is 2. The van der Waals surface area contributed by atoms with Crippen LogP contribution in [0.25, 0.3) is 12.2 Å². The monoisotopic (exact) mass is 395 g/mol. The summed E-state index contributed by atoms with van der Waals surface area (Å²) in [6.45, 7) is 0. The van der Waals surface area contributed by atoms with Gasteiger partial charge in [0.05, 0.1) is 15.5 Å². The van der Waals surface area contributed by atoms with E-state index in [2.05, 4.69) is 10.3 Å². The third-order valence-electron chi connectivity index (χ3n) is 3.89. The summed E-state index contributed by atoms with van der Waals surface area (Å²) in [7, 11) is -3.54. The van der Waals surface area contributed by atoms with E-state index in [1.54, 1.807) is 12.3 Å². The van der Waals surface area contributed by atoms with Crippen LogP contribution in [0.4, 0.5) is 17.1 Å². The fourth-order valence-corrected chi connectivity index (χ4v) is 3.17. The molecule has 142 valence electrons. The van der Waals surface area contributed by atoms with Gasteiger partial charge in [0, 0.05) is 24.2 Å². The minimum atomic E-state index is -3.54. The van der Waals surface area contributed by atoms with Gasteiger partial charge in [-0.05, 0) is 48.0 Å². The van der Waals surface area contributed by atoms with E-state index >= 15 is 0 Å². The first-order chi connectivity index (χ1) is 13.3. The lowest BCUT2D eigenvalue weighted by Gasteiger charge is -2.09. The molecule has 0 saturated carbocycles. The Morgan fingerprint density at radius 1 is 1.04 bits per heavy atom. The number of aromatic nitrogens is 1. The molecule has 8 heteroatoms. The van der Waals surface area contributed by atoms with E-state index in [4.69, 9.17) is 0 Å². The minimum absolute atomic E-state index is 0.100. The van der Waals surface area contributed by atoms with Crippen LogP contribution in [0.5, 0.6) is 0 Å². The Hall–Kier alpha value is -3.52. The van der Waals surface area contributed by atoms with Crippen molar-refractivity contribution in [2.75, 3.05) is 11.6 Å². The molecule has 1 N–H and O–H groups in total. The highest BCUT2D eigenvalue weighted by Gasteiger charge is 2.18. The third-order valence-corrected chi connectivity index (χ3v) is 5.00. The molecule has 3 rings (SSSR count). The molecule has 0 unspecified atom stereocenters. The van der Waals surface area contributed by atoms with Crippen LogP contribution in [0.3, 0.4) is 0 Å². The van der Waals surface area contributed by atoms with E-state index in [0.717, 1.165) is 23.6 Å². The highest BCUT2D eigenvalue weighted by Crippen LogP contribution is 2.30. The lowest BCUT2D eigenvalue weighted by Crippen LogP contribution is -2.02. The van der Waals surface area contributed by atoms with Crippen molar-refractivity contribution in [1.82, 2.24) is 4.98 Å². The number of hydrogen-bond donors (Lipinski definition) is 1. The van der Waals surface area contributed by atoms with Crippen LogP contribution < -0.4 is 5.32 Å². The number of hydrogen-bond acceptors (Lipinski definition) is 6. The number of anilines is 2. The first-order valence-corrected chi connectivity index (χ1v) is 10.2. The number of nitrogens with zero attached hydrogens (tertiary/aromatic N) is 2. The Morgan fingerprint density at radius 2 is 1.86 bits per heavy atom. The summed E-state index contributed by atoms with van der Waals surface area (Å²) in [6, 6.07) is 16.7. The number of rotatable bonds is 6. The van der Waals surface area contributed by atoms with Crippen molar-refractivity contribution >= 4 is 39.1 Å². The molecule has 0 fully saturated rings. The summed E-state index contributed by atoms with van der Waals surface area (Å²) in [5, 5.41) is 14.4. The average molecular weight is 395 g/mol. The number of nitro benzene ring substituents is 1. The molecule has 7 nitrogen and oxygen atoms in total. The second-order valence-electron chi connectivity index (χ2n) is 6.05. The standard InChI is InChI=1S/C20H17N3O4S/c1-28(26,27)18-10-11-19(20(14-18)23(24)25)22-17-7-4-5-15(13-17)8-9-16-6-2-3-12-21-16/h2-14,22H,1H3/b9-8+. The normalized spacial score (nSPS) is 11.5. The molecule has 0 radical (unpaired) electrons. The molecular formula is C20H17N3O4S. The smallest absolute Gasteiger partial charge is 0.293 e. The quantitative estimate of drug-likeness (QED) is 0.493. The Balaban J connectivity index is 1.88. The van der Waals surface area contributed by atoms with Crippen LogP contribution in [0.15, 0.2) is 71.8 Å². The molecule has 3 aromatic rings. The zero-order valence-corrected chi connectivity index (χ0v) is 15.8. The largest absolute Gasteiger partial charge is 0.350 e. The van der Waals surface area contributed by atoms with Gasteiger partial charge in [-0.2, -0.15) is 0 Å². The molecule has 0 saturated heterocycles. The maximum Gasteiger partial charge on any atom is 0.293 e. The fraction of sp³-hybridized carbons (Fsp3) is 0.0500. The van der Waals surface area contributed by atoms with E-state index in [1.165, 1.54) is 12.1 Å². The van der Waals surface area contributed by atoms with Crippen molar-refractivity contribution in [2.24, 2.45) is 0 Å². The van der Waals surface area contributed by atoms with E-state index in [1.807, 2.05) is 48.6 Å². The van der Waals surface area contributed by atoms with E-state index < -0.39 is 14.8 Å². The van der Waals surface area contributed by atoms with Crippen molar-refractivity contribution in [3.8, 4) is 0 Å². The first-order valence-electron chi connectivity index (χ1n) is 8.28. The second-order valence-corrected chi connectivity index (χ2v) is 8.06. The predicted molar refractivity (Wildman–Crippen MR) is 109 cm³/mol. The summed E-state index contributed by atoms with van der Waals surface area (Å²) in [5.41, 5.74) is 2.23.